The Morgan fingerprint density at radius 3 is 2.43 bits per heavy atom. The zero-order chi connectivity index (χ0) is 17.6. The molecular formula is C12H14N6O4S. The minimum absolute atomic E-state index is 0.132. The fourth-order valence-corrected chi connectivity index (χ4v) is 2.52. The summed E-state index contributed by atoms with van der Waals surface area (Å²) < 4.78 is 25.9. The number of sulfonamides is 1. The van der Waals surface area contributed by atoms with Crippen LogP contribution in [0.4, 0.5) is 5.69 Å². The van der Waals surface area contributed by atoms with Gasteiger partial charge in [-0.25, -0.2) is 8.42 Å². The largest absolute Gasteiger partial charge is 0.480 e. The number of carboxylic acids is 1. The van der Waals surface area contributed by atoms with Gasteiger partial charge in [-0.2, -0.15) is 15.1 Å². The number of anilines is 1. The van der Waals surface area contributed by atoms with E-state index in [1.165, 1.54) is 31.2 Å². The van der Waals surface area contributed by atoms with E-state index >= 15 is 0 Å². The number of hydrogen-bond donors (Lipinski definition) is 5. The van der Waals surface area contributed by atoms with Gasteiger partial charge in [-0.15, -0.1) is 0 Å². The number of nitrogens with two attached hydrogens (primary N) is 1. The van der Waals surface area contributed by atoms with Gasteiger partial charge in [-0.05, 0) is 31.2 Å². The lowest BCUT2D eigenvalue weighted by molar-refractivity contribution is -0.138. The molecule has 1 atom stereocenters. The van der Waals surface area contributed by atoms with Crippen LogP contribution >= 0.6 is 0 Å². The van der Waals surface area contributed by atoms with Crippen molar-refractivity contribution in [3.05, 3.63) is 24.3 Å². The number of nitriles is 1. The molecule has 1 aromatic carbocycles. The van der Waals surface area contributed by atoms with Crippen molar-refractivity contribution in [1.82, 2.24) is 4.72 Å². The van der Waals surface area contributed by atoms with E-state index in [1.807, 2.05) is 4.72 Å². The summed E-state index contributed by atoms with van der Waals surface area (Å²) in [5, 5.41) is 28.1. The number of amidine groups is 1. The van der Waals surface area contributed by atoms with Gasteiger partial charge in [-0.3, -0.25) is 15.6 Å². The molecule has 0 aliphatic carbocycles. The lowest BCUT2D eigenvalue weighted by Gasteiger charge is -2.10. The van der Waals surface area contributed by atoms with Gasteiger partial charge in [0.1, 0.15) is 12.1 Å². The Bertz CT molecular complexity index is 779. The highest BCUT2D eigenvalue weighted by Gasteiger charge is 2.21. The van der Waals surface area contributed by atoms with E-state index < -0.39 is 27.9 Å². The topological polar surface area (TPSA) is 182 Å². The van der Waals surface area contributed by atoms with Crippen LogP contribution < -0.4 is 15.9 Å². The number of aliphatic carboxylic acids is 1. The van der Waals surface area contributed by atoms with Crippen LogP contribution in [-0.4, -0.2) is 37.1 Å². The maximum Gasteiger partial charge on any atom is 0.321 e. The molecule has 0 fully saturated rings. The van der Waals surface area contributed by atoms with E-state index in [-0.39, 0.29) is 10.6 Å². The van der Waals surface area contributed by atoms with E-state index in [0.29, 0.717) is 5.69 Å². The number of hydrazone groups is 1. The second kappa shape index (κ2) is 7.34. The summed E-state index contributed by atoms with van der Waals surface area (Å²) in [5.41, 5.74) is 7.60. The lowest BCUT2D eigenvalue weighted by Crippen LogP contribution is -2.38. The summed E-state index contributed by atoms with van der Waals surface area (Å²) in [6, 6.07) is 5.53. The number of carboxylic acid groups (broad SMARTS) is 1. The summed E-state index contributed by atoms with van der Waals surface area (Å²) in [6.07, 6.45) is 0. The Labute approximate surface area is 132 Å². The maximum absolute atomic E-state index is 11.9. The number of carbonyl (C=O) groups is 1. The van der Waals surface area contributed by atoms with Gasteiger partial charge in [0.05, 0.1) is 10.6 Å². The van der Waals surface area contributed by atoms with Crippen molar-refractivity contribution in [3.63, 3.8) is 0 Å². The van der Waals surface area contributed by atoms with Crippen LogP contribution in [0.25, 0.3) is 0 Å². The molecule has 122 valence electrons. The highest BCUT2D eigenvalue weighted by Crippen LogP contribution is 2.14. The van der Waals surface area contributed by atoms with E-state index in [1.54, 1.807) is 6.07 Å². The Morgan fingerprint density at radius 2 is 2.00 bits per heavy atom. The number of benzene rings is 1. The maximum atomic E-state index is 11.9. The van der Waals surface area contributed by atoms with Gasteiger partial charge >= 0.3 is 5.97 Å². The molecule has 0 heterocycles. The summed E-state index contributed by atoms with van der Waals surface area (Å²) >= 11 is 0. The van der Waals surface area contributed by atoms with Crippen molar-refractivity contribution in [2.75, 3.05) is 5.43 Å². The van der Waals surface area contributed by atoms with Gasteiger partial charge in [-0.1, -0.05) is 0 Å². The Morgan fingerprint density at radius 1 is 1.43 bits per heavy atom. The zero-order valence-electron chi connectivity index (χ0n) is 11.9. The van der Waals surface area contributed by atoms with Gasteiger partial charge in [0.25, 0.3) is 0 Å². The van der Waals surface area contributed by atoms with Crippen LogP contribution in [0.5, 0.6) is 0 Å². The van der Waals surface area contributed by atoms with Crippen LogP contribution in [0.15, 0.2) is 34.3 Å². The molecule has 11 heteroatoms. The first-order chi connectivity index (χ1) is 10.7. The summed E-state index contributed by atoms with van der Waals surface area (Å²) in [7, 11) is -3.97. The predicted molar refractivity (Wildman–Crippen MR) is 82.4 cm³/mol. The van der Waals surface area contributed by atoms with Gasteiger partial charge < -0.3 is 10.8 Å². The second-order valence-corrected chi connectivity index (χ2v) is 6.02. The van der Waals surface area contributed by atoms with Crippen LogP contribution in [0.2, 0.25) is 0 Å². The fourth-order valence-electron chi connectivity index (χ4n) is 1.33. The summed E-state index contributed by atoms with van der Waals surface area (Å²) in [4.78, 5) is 10.6. The Kier molecular flexibility index (Phi) is 5.77. The standard InChI is InChI=1S/C12H14N6O4S/c1-7(12(19)20)18-23(21,22)9-4-2-8(3-5-9)16-17-10(6-13)11(14)15/h2-5,7,16,18H,1H3,(H3,14,15)(H,19,20)/b17-10+. The van der Waals surface area contributed by atoms with Crippen molar-refractivity contribution in [1.29, 1.82) is 10.7 Å². The molecular weight excluding hydrogens is 324 g/mol. The van der Waals surface area contributed by atoms with Crippen LogP contribution in [0.1, 0.15) is 6.92 Å². The normalized spacial score (nSPS) is 13.0. The number of nitrogens with one attached hydrogen (secondary N) is 3. The summed E-state index contributed by atoms with van der Waals surface area (Å²) in [6.45, 7) is 1.20. The molecule has 0 saturated heterocycles. The highest BCUT2D eigenvalue weighted by atomic mass is 32.2. The molecule has 0 spiro atoms. The number of nitrogens with zero attached hydrogens (tertiary/aromatic N) is 2. The van der Waals surface area contributed by atoms with Gasteiger partial charge in [0, 0.05) is 0 Å². The summed E-state index contributed by atoms with van der Waals surface area (Å²) in [5.74, 6) is -1.81. The zero-order valence-corrected chi connectivity index (χ0v) is 12.8. The third-order valence-corrected chi connectivity index (χ3v) is 4.08. The molecule has 10 nitrogen and oxygen atoms in total. The fraction of sp³-hybridized carbons (Fsp3) is 0.167. The molecule has 0 amide bonds. The average molecular weight is 338 g/mol. The molecule has 1 unspecified atom stereocenters. The second-order valence-electron chi connectivity index (χ2n) is 4.30. The minimum Gasteiger partial charge on any atom is -0.480 e. The molecule has 0 bridgehead atoms. The SMILES string of the molecule is CC(NS(=O)(=O)c1ccc(N/N=C(\C#N)C(=N)N)cc1)C(=O)O. The third-order valence-electron chi connectivity index (χ3n) is 2.52. The first-order valence-electron chi connectivity index (χ1n) is 6.10. The first kappa shape index (κ1) is 18.1. The molecule has 0 radical (unpaired) electrons. The minimum atomic E-state index is -3.97. The Balaban J connectivity index is 2.91. The highest BCUT2D eigenvalue weighted by molar-refractivity contribution is 7.89. The molecule has 23 heavy (non-hydrogen) atoms. The van der Waals surface area contributed by atoms with Crippen LogP contribution in [-0.2, 0) is 14.8 Å². The van der Waals surface area contributed by atoms with Crippen LogP contribution in [0, 0.1) is 16.7 Å². The van der Waals surface area contributed by atoms with E-state index in [0.717, 1.165) is 0 Å². The van der Waals surface area contributed by atoms with Crippen molar-refractivity contribution in [2.45, 2.75) is 17.9 Å². The molecule has 0 aromatic heterocycles. The molecule has 1 aromatic rings. The first-order valence-corrected chi connectivity index (χ1v) is 7.59. The van der Waals surface area contributed by atoms with Crippen molar-refractivity contribution in [3.8, 4) is 6.07 Å². The quantitative estimate of drug-likeness (QED) is 0.256. The Hall–Kier alpha value is -2.97. The predicted octanol–water partition coefficient (Wildman–Crippen LogP) is -0.335. The average Bonchev–Trinajstić information content (AvgIpc) is 2.47. The number of rotatable bonds is 7. The number of hydrogen-bond acceptors (Lipinski definition) is 7. The van der Waals surface area contributed by atoms with Gasteiger partial charge in [0.2, 0.25) is 15.7 Å². The van der Waals surface area contributed by atoms with Gasteiger partial charge in [0.15, 0.2) is 5.84 Å². The van der Waals surface area contributed by atoms with E-state index in [9.17, 15) is 13.2 Å². The lowest BCUT2D eigenvalue weighted by atomic mass is 10.3. The van der Waals surface area contributed by atoms with Crippen molar-refractivity contribution >= 4 is 33.2 Å². The van der Waals surface area contributed by atoms with E-state index in [4.69, 9.17) is 21.5 Å². The molecule has 0 saturated carbocycles. The third kappa shape index (κ3) is 5.06. The monoisotopic (exact) mass is 338 g/mol. The van der Waals surface area contributed by atoms with Crippen molar-refractivity contribution < 1.29 is 18.3 Å². The van der Waals surface area contributed by atoms with Crippen molar-refractivity contribution in [2.24, 2.45) is 10.8 Å². The molecule has 0 aliphatic heterocycles. The molecule has 0 aliphatic rings. The smallest absolute Gasteiger partial charge is 0.321 e. The van der Waals surface area contributed by atoms with E-state index in [2.05, 4.69) is 10.5 Å². The molecule has 1 rings (SSSR count). The molecule has 6 N–H and O–H groups in total. The van der Waals surface area contributed by atoms with Crippen LogP contribution in [0.3, 0.4) is 0 Å².